The van der Waals surface area contributed by atoms with Crippen LogP contribution in [0.1, 0.15) is 60.5 Å². The molecule has 1 fully saturated rings. The lowest BCUT2D eigenvalue weighted by atomic mass is 9.77. The van der Waals surface area contributed by atoms with Crippen molar-refractivity contribution in [3.63, 3.8) is 0 Å². The highest BCUT2D eigenvalue weighted by Crippen LogP contribution is 2.44. The summed E-state index contributed by atoms with van der Waals surface area (Å²) in [5.74, 6) is -5.92. The second-order valence-electron chi connectivity index (χ2n) is 11.0. The SMILES string of the molecule is C=C1CC(C)CC(CC[C@H](NC(=O)c2ccc3ccccc3c2OCc2ccc(C(F)(F)C(F)(F)F)cc2)C(=O)O)C1. The molecule has 1 aliphatic rings. The van der Waals surface area contributed by atoms with Gasteiger partial charge in [0.25, 0.3) is 5.91 Å². The molecule has 4 rings (SSSR count). The summed E-state index contributed by atoms with van der Waals surface area (Å²) in [5.41, 5.74) is 0.314. The van der Waals surface area contributed by atoms with Crippen LogP contribution in [0.15, 0.2) is 72.8 Å². The predicted octanol–water partition coefficient (Wildman–Crippen LogP) is 8.03. The van der Waals surface area contributed by atoms with Gasteiger partial charge in [0, 0.05) is 10.9 Å². The summed E-state index contributed by atoms with van der Waals surface area (Å²) >= 11 is 0. The molecule has 3 aromatic carbocycles. The lowest BCUT2D eigenvalue weighted by Crippen LogP contribution is -2.41. The van der Waals surface area contributed by atoms with Gasteiger partial charge in [-0.15, -0.1) is 0 Å². The van der Waals surface area contributed by atoms with Crippen molar-refractivity contribution < 1.29 is 41.4 Å². The van der Waals surface area contributed by atoms with Crippen molar-refractivity contribution >= 4 is 22.6 Å². The first-order chi connectivity index (χ1) is 19.8. The number of aliphatic carboxylic acids is 1. The quantitative estimate of drug-likeness (QED) is 0.186. The molecule has 1 saturated carbocycles. The van der Waals surface area contributed by atoms with Crippen molar-refractivity contribution in [1.29, 1.82) is 0 Å². The number of ether oxygens (including phenoxy) is 1. The molecule has 0 spiro atoms. The van der Waals surface area contributed by atoms with Crippen LogP contribution in [0.5, 0.6) is 5.75 Å². The molecule has 2 N–H and O–H groups in total. The number of benzene rings is 3. The molecular formula is C32H32F5NO4. The molecule has 0 radical (unpaired) electrons. The Balaban J connectivity index is 1.52. The van der Waals surface area contributed by atoms with Crippen molar-refractivity contribution in [2.75, 3.05) is 0 Å². The molecule has 3 aromatic rings. The van der Waals surface area contributed by atoms with Crippen molar-refractivity contribution in [1.82, 2.24) is 5.32 Å². The Morgan fingerprint density at radius 2 is 1.71 bits per heavy atom. The molecule has 5 nitrogen and oxygen atoms in total. The number of halogens is 5. The predicted molar refractivity (Wildman–Crippen MR) is 148 cm³/mol. The van der Waals surface area contributed by atoms with Gasteiger partial charge in [0.05, 0.1) is 5.56 Å². The van der Waals surface area contributed by atoms with Gasteiger partial charge in [0.1, 0.15) is 18.4 Å². The molecule has 0 saturated heterocycles. The first-order valence-corrected chi connectivity index (χ1v) is 13.6. The fourth-order valence-corrected chi connectivity index (χ4v) is 5.54. The van der Waals surface area contributed by atoms with Gasteiger partial charge in [-0.2, -0.15) is 22.0 Å². The number of alkyl halides is 5. The Labute approximate surface area is 240 Å². The highest BCUT2D eigenvalue weighted by atomic mass is 19.4. The minimum atomic E-state index is -5.73. The highest BCUT2D eigenvalue weighted by molar-refractivity contribution is 6.04. The van der Waals surface area contributed by atoms with E-state index in [1.807, 2.05) is 0 Å². The number of hydrogen-bond acceptors (Lipinski definition) is 3. The van der Waals surface area contributed by atoms with Crippen molar-refractivity contribution in [2.24, 2.45) is 11.8 Å². The van der Waals surface area contributed by atoms with Crippen molar-refractivity contribution in [2.45, 2.75) is 63.8 Å². The Morgan fingerprint density at radius 1 is 1.02 bits per heavy atom. The summed E-state index contributed by atoms with van der Waals surface area (Å²) in [7, 11) is 0. The summed E-state index contributed by atoms with van der Waals surface area (Å²) in [6, 6.07) is 12.6. The van der Waals surface area contributed by atoms with Gasteiger partial charge < -0.3 is 15.2 Å². The summed E-state index contributed by atoms with van der Waals surface area (Å²) in [4.78, 5) is 25.4. The van der Waals surface area contributed by atoms with Crippen molar-refractivity contribution in [3.8, 4) is 5.75 Å². The fraction of sp³-hybridized carbons (Fsp3) is 0.375. The second-order valence-corrected chi connectivity index (χ2v) is 11.0. The first-order valence-electron chi connectivity index (χ1n) is 13.6. The molecule has 1 amide bonds. The minimum absolute atomic E-state index is 0.0693. The van der Waals surface area contributed by atoms with E-state index in [0.29, 0.717) is 41.3 Å². The third-order valence-corrected chi connectivity index (χ3v) is 7.60. The van der Waals surface area contributed by atoms with E-state index in [-0.39, 0.29) is 24.3 Å². The number of fused-ring (bicyclic) bond motifs is 1. The van der Waals surface area contributed by atoms with E-state index in [4.69, 9.17) is 4.74 Å². The largest absolute Gasteiger partial charge is 0.487 e. The third-order valence-electron chi connectivity index (χ3n) is 7.60. The topological polar surface area (TPSA) is 75.6 Å². The number of amides is 1. The van der Waals surface area contributed by atoms with E-state index in [1.54, 1.807) is 30.3 Å². The molecule has 3 atom stereocenters. The van der Waals surface area contributed by atoms with Crippen LogP contribution in [0.3, 0.4) is 0 Å². The number of nitrogens with one attached hydrogen (secondary N) is 1. The average molecular weight is 590 g/mol. The van der Waals surface area contributed by atoms with Crippen LogP contribution in [0, 0.1) is 11.8 Å². The normalized spacial score (nSPS) is 18.5. The second kappa shape index (κ2) is 12.5. The summed E-state index contributed by atoms with van der Waals surface area (Å²) in [6.45, 7) is 5.99. The van der Waals surface area contributed by atoms with E-state index in [2.05, 4.69) is 18.8 Å². The van der Waals surface area contributed by atoms with Crippen molar-refractivity contribution in [3.05, 3.63) is 89.5 Å². The van der Waals surface area contributed by atoms with Gasteiger partial charge >= 0.3 is 18.1 Å². The zero-order valence-electron chi connectivity index (χ0n) is 23.0. The van der Waals surface area contributed by atoms with Crippen LogP contribution < -0.4 is 10.1 Å². The van der Waals surface area contributed by atoms with Gasteiger partial charge in [-0.3, -0.25) is 4.79 Å². The van der Waals surface area contributed by atoms with Gasteiger partial charge in [-0.25, -0.2) is 4.79 Å². The summed E-state index contributed by atoms with van der Waals surface area (Å²) in [6.07, 6.45) is -2.10. The number of carboxylic acids is 1. The van der Waals surface area contributed by atoms with E-state index < -0.39 is 35.6 Å². The van der Waals surface area contributed by atoms with E-state index >= 15 is 0 Å². The number of carbonyl (C=O) groups is 2. The molecule has 224 valence electrons. The summed E-state index contributed by atoms with van der Waals surface area (Å²) in [5, 5.41) is 13.7. The smallest absolute Gasteiger partial charge is 0.458 e. The van der Waals surface area contributed by atoms with E-state index in [0.717, 1.165) is 42.4 Å². The maximum Gasteiger partial charge on any atom is 0.458 e. The van der Waals surface area contributed by atoms with Gasteiger partial charge in [0.15, 0.2) is 0 Å². The zero-order chi connectivity index (χ0) is 30.7. The standard InChI is InChI=1S/C32H32F5NO4/c1-19-15-20(2)17-22(16-19)9-14-27(30(40)41)38-29(39)26-13-10-23-5-3-4-6-25(23)28(26)42-18-21-7-11-24(12-8-21)31(33,34)32(35,36)37/h3-8,10-13,20,22,27H,1,9,14-18H2,2H3,(H,38,39)(H,40,41)/t20?,22?,27-/m0/s1. The van der Waals surface area contributed by atoms with E-state index in [9.17, 15) is 36.6 Å². The lowest BCUT2D eigenvalue weighted by molar-refractivity contribution is -0.289. The van der Waals surface area contributed by atoms with Crippen LogP contribution in [0.4, 0.5) is 22.0 Å². The Hall–Kier alpha value is -3.95. The summed E-state index contributed by atoms with van der Waals surface area (Å²) < 4.78 is 71.4. The highest BCUT2D eigenvalue weighted by Gasteiger charge is 2.58. The van der Waals surface area contributed by atoms with Gasteiger partial charge in [-0.05, 0) is 61.0 Å². The molecule has 0 aromatic heterocycles. The fourth-order valence-electron chi connectivity index (χ4n) is 5.54. The Kier molecular flexibility index (Phi) is 9.23. The lowest BCUT2D eigenvalue weighted by Gasteiger charge is -2.29. The maximum absolute atomic E-state index is 13.7. The van der Waals surface area contributed by atoms with Crippen LogP contribution >= 0.6 is 0 Å². The van der Waals surface area contributed by atoms with Crippen LogP contribution in [-0.4, -0.2) is 29.2 Å². The van der Waals surface area contributed by atoms with Gasteiger partial charge in [-0.1, -0.05) is 73.7 Å². The molecule has 0 aliphatic heterocycles. The number of carboxylic acid groups (broad SMARTS) is 1. The minimum Gasteiger partial charge on any atom is -0.487 e. The van der Waals surface area contributed by atoms with Crippen LogP contribution in [-0.2, 0) is 17.3 Å². The number of allylic oxidation sites excluding steroid dienone is 1. The van der Waals surface area contributed by atoms with Crippen LogP contribution in [0.25, 0.3) is 10.8 Å². The van der Waals surface area contributed by atoms with E-state index in [1.165, 1.54) is 6.07 Å². The molecule has 2 unspecified atom stereocenters. The molecule has 0 heterocycles. The monoisotopic (exact) mass is 589 g/mol. The first kappa shape index (κ1) is 31.0. The molecule has 42 heavy (non-hydrogen) atoms. The molecule has 10 heteroatoms. The number of carbonyl (C=O) groups excluding carboxylic acids is 1. The Morgan fingerprint density at radius 3 is 2.36 bits per heavy atom. The zero-order valence-corrected chi connectivity index (χ0v) is 23.0. The van der Waals surface area contributed by atoms with Crippen LogP contribution in [0.2, 0.25) is 0 Å². The number of hydrogen-bond donors (Lipinski definition) is 2. The maximum atomic E-state index is 13.7. The number of rotatable bonds is 10. The third kappa shape index (κ3) is 7.09. The van der Waals surface area contributed by atoms with Gasteiger partial charge in [0.2, 0.25) is 0 Å². The average Bonchev–Trinajstić information content (AvgIpc) is 2.92. The molecular weight excluding hydrogens is 557 g/mol. The Bertz CT molecular complexity index is 1450. The molecule has 0 bridgehead atoms. The molecule has 1 aliphatic carbocycles.